The number of hydrogen-bond donors (Lipinski definition) is 0. The van der Waals surface area contributed by atoms with Gasteiger partial charge in [-0.2, -0.15) is 0 Å². The molecule has 1 aliphatic heterocycles. The van der Waals surface area contributed by atoms with Crippen molar-refractivity contribution >= 4 is 101 Å². The Morgan fingerprint density at radius 2 is 0.737 bits per heavy atom. The second-order valence-electron chi connectivity index (χ2n) is 20.3. The molecule has 0 N–H and O–H groups in total. The molecule has 15 rings (SSSR count). The van der Waals surface area contributed by atoms with E-state index in [1.165, 1.54) is 107 Å². The number of rotatable bonds is 9. The molecule has 4 heteroatoms. The maximum absolute atomic E-state index is 2.84. The van der Waals surface area contributed by atoms with Gasteiger partial charge in [-0.05, 0) is 106 Å². The zero-order valence-electron chi connectivity index (χ0n) is 41.8. The average molecular weight is 999 g/mol. The van der Waals surface area contributed by atoms with E-state index in [-0.39, 0.29) is 0 Å². The van der Waals surface area contributed by atoms with Gasteiger partial charge in [0.25, 0.3) is 0 Å². The van der Waals surface area contributed by atoms with Gasteiger partial charge in [0.1, 0.15) is 0 Å². The first-order valence-corrected chi connectivity index (χ1v) is 30.4. The Balaban J connectivity index is 0.960. The van der Waals surface area contributed by atoms with Crippen molar-refractivity contribution in [3.05, 3.63) is 303 Å². The molecule has 12 aromatic carbocycles. The Labute approximate surface area is 444 Å². The molecule has 0 spiro atoms. The maximum atomic E-state index is 2.54. The van der Waals surface area contributed by atoms with Gasteiger partial charge in [0.05, 0.1) is 27.8 Å². The standard InChI is InChI=1S/C72H50N2Si2/c1-6-25-54(26-7-1)75(55-27-8-2-9-28-55,56-29-10-3-11-30-56)59-35-22-24-53(50-59)73-66-40-19-17-37-61(66)64-39-23-42-68(72(64)73)74-67-41-20-16-36-60(67)62-46-44-52(49-69(62)74)51-45-47-71-65(48-51)63-38-18-21-43-70(63)76(71,57-31-12-4-13-32-57)58-33-14-5-15-34-58/h1-50H. The van der Waals surface area contributed by atoms with Gasteiger partial charge in [0.15, 0.2) is 16.1 Å². The van der Waals surface area contributed by atoms with Crippen LogP contribution >= 0.6 is 0 Å². The summed E-state index contributed by atoms with van der Waals surface area (Å²) >= 11 is 0. The van der Waals surface area contributed by atoms with E-state index in [1.54, 1.807) is 0 Å². The first kappa shape index (κ1) is 44.2. The Morgan fingerprint density at radius 1 is 0.276 bits per heavy atom. The molecule has 0 amide bonds. The highest BCUT2D eigenvalue weighted by atomic mass is 28.3. The van der Waals surface area contributed by atoms with E-state index < -0.39 is 16.1 Å². The summed E-state index contributed by atoms with van der Waals surface area (Å²) in [5.74, 6) is 0. The molecular weight excluding hydrogens is 949 g/mol. The van der Waals surface area contributed by atoms with Crippen molar-refractivity contribution in [3.63, 3.8) is 0 Å². The van der Waals surface area contributed by atoms with Crippen molar-refractivity contribution in [2.75, 3.05) is 0 Å². The summed E-state index contributed by atoms with van der Waals surface area (Å²) in [5, 5.41) is 16.1. The maximum Gasteiger partial charge on any atom is 0.180 e. The minimum Gasteiger partial charge on any atom is -0.307 e. The van der Waals surface area contributed by atoms with Crippen LogP contribution in [0.4, 0.5) is 0 Å². The van der Waals surface area contributed by atoms with E-state index in [9.17, 15) is 0 Å². The van der Waals surface area contributed by atoms with Gasteiger partial charge in [-0.25, -0.2) is 0 Å². The Hall–Kier alpha value is -9.33. The summed E-state index contributed by atoms with van der Waals surface area (Å²) in [4.78, 5) is 0. The Morgan fingerprint density at radius 3 is 1.38 bits per heavy atom. The van der Waals surface area contributed by atoms with Crippen molar-refractivity contribution in [2.24, 2.45) is 0 Å². The van der Waals surface area contributed by atoms with Crippen LogP contribution in [0.15, 0.2) is 303 Å². The van der Waals surface area contributed by atoms with Gasteiger partial charge in [-0.1, -0.05) is 261 Å². The van der Waals surface area contributed by atoms with E-state index in [2.05, 4.69) is 312 Å². The molecule has 0 aliphatic carbocycles. The highest BCUT2D eigenvalue weighted by molar-refractivity contribution is 7.22. The molecule has 1 aliphatic rings. The predicted octanol–water partition coefficient (Wildman–Crippen LogP) is 12.3. The second kappa shape index (κ2) is 17.7. The third kappa shape index (κ3) is 6.45. The molecule has 3 heterocycles. The van der Waals surface area contributed by atoms with Crippen molar-refractivity contribution in [3.8, 4) is 33.6 Å². The van der Waals surface area contributed by atoms with Gasteiger partial charge in [0.2, 0.25) is 0 Å². The molecule has 0 saturated heterocycles. The molecule has 0 atom stereocenters. The van der Waals surface area contributed by atoms with E-state index in [0.29, 0.717) is 0 Å². The van der Waals surface area contributed by atoms with E-state index >= 15 is 0 Å². The third-order valence-electron chi connectivity index (χ3n) is 16.5. The van der Waals surface area contributed by atoms with Crippen LogP contribution in [0, 0.1) is 0 Å². The minimum atomic E-state index is -2.84. The lowest BCUT2D eigenvalue weighted by Gasteiger charge is -2.34. The minimum absolute atomic E-state index is 1.14. The summed E-state index contributed by atoms with van der Waals surface area (Å²) in [6.07, 6.45) is 0. The van der Waals surface area contributed by atoms with E-state index in [4.69, 9.17) is 0 Å². The quantitative estimate of drug-likeness (QED) is 0.101. The number of hydrogen-bond acceptors (Lipinski definition) is 0. The number of nitrogens with zero attached hydrogens (tertiary/aromatic N) is 2. The van der Waals surface area contributed by atoms with Crippen molar-refractivity contribution < 1.29 is 0 Å². The summed E-state index contributed by atoms with van der Waals surface area (Å²) in [7, 11) is -5.46. The molecule has 2 aromatic heterocycles. The highest BCUT2D eigenvalue weighted by Gasteiger charge is 2.48. The SMILES string of the molecule is c1ccc([Si](c2ccccc2)(c2ccccc2)c2cccc(-n3c4ccccc4c4cccc(-n5c6ccccc6c6ccc(-c7ccc8c(c7)-c7ccccc7[Si]8(c7ccccc7)c7ccccc7)cc65)c43)c2)cc1. The second-order valence-corrected chi connectivity index (χ2v) is 27.8. The zero-order valence-corrected chi connectivity index (χ0v) is 43.8. The largest absolute Gasteiger partial charge is 0.307 e. The number of benzene rings is 12. The van der Waals surface area contributed by atoms with Crippen LogP contribution in [0.2, 0.25) is 0 Å². The van der Waals surface area contributed by atoms with Crippen molar-refractivity contribution in [2.45, 2.75) is 0 Å². The molecule has 0 radical (unpaired) electrons. The Bertz CT molecular complexity index is 4370. The van der Waals surface area contributed by atoms with Crippen LogP contribution in [-0.4, -0.2) is 25.3 Å². The molecule has 0 fully saturated rings. The zero-order chi connectivity index (χ0) is 50.2. The van der Waals surface area contributed by atoms with Crippen molar-refractivity contribution in [1.82, 2.24) is 9.13 Å². The molecule has 2 nitrogen and oxygen atoms in total. The van der Waals surface area contributed by atoms with Crippen LogP contribution in [-0.2, 0) is 0 Å². The molecule has 356 valence electrons. The number of para-hydroxylation sites is 3. The van der Waals surface area contributed by atoms with Gasteiger partial charge in [-0.15, -0.1) is 0 Å². The lowest BCUT2D eigenvalue weighted by molar-refractivity contribution is 1.13. The smallest absolute Gasteiger partial charge is 0.180 e. The number of fused-ring (bicyclic) bond motifs is 9. The molecule has 14 aromatic rings. The molecule has 0 saturated carbocycles. The summed E-state index contributed by atoms with van der Waals surface area (Å²) in [6, 6.07) is 114. The fourth-order valence-corrected chi connectivity index (χ4v) is 23.4. The van der Waals surface area contributed by atoms with Crippen molar-refractivity contribution in [1.29, 1.82) is 0 Å². The van der Waals surface area contributed by atoms with Gasteiger partial charge in [-0.3, -0.25) is 0 Å². The lowest BCUT2D eigenvalue weighted by Crippen LogP contribution is -2.74. The third-order valence-corrected chi connectivity index (χ3v) is 26.2. The molecule has 0 unspecified atom stereocenters. The lowest BCUT2D eigenvalue weighted by atomic mass is 9.98. The van der Waals surface area contributed by atoms with E-state index in [1.807, 2.05) is 0 Å². The monoisotopic (exact) mass is 998 g/mol. The van der Waals surface area contributed by atoms with Gasteiger partial charge >= 0.3 is 0 Å². The predicted molar refractivity (Wildman–Crippen MR) is 327 cm³/mol. The van der Waals surface area contributed by atoms with Crippen LogP contribution < -0.4 is 41.5 Å². The summed E-state index contributed by atoms with van der Waals surface area (Å²) < 4.78 is 5.08. The fourth-order valence-electron chi connectivity index (χ4n) is 13.4. The van der Waals surface area contributed by atoms with Crippen LogP contribution in [0.25, 0.3) is 77.2 Å². The van der Waals surface area contributed by atoms with Crippen LogP contribution in [0.1, 0.15) is 0 Å². The molecular formula is C72H50N2Si2. The summed E-state index contributed by atoms with van der Waals surface area (Å²) in [5.41, 5.74) is 12.1. The molecule has 0 bridgehead atoms. The highest BCUT2D eigenvalue weighted by Crippen LogP contribution is 2.41. The average Bonchev–Trinajstić information content (AvgIpc) is 4.28. The fraction of sp³-hybridized carbons (Fsp3) is 0. The van der Waals surface area contributed by atoms with Crippen LogP contribution in [0.3, 0.4) is 0 Å². The van der Waals surface area contributed by atoms with Gasteiger partial charge in [0, 0.05) is 27.2 Å². The normalized spacial score (nSPS) is 12.8. The van der Waals surface area contributed by atoms with Crippen LogP contribution in [0.5, 0.6) is 0 Å². The first-order valence-electron chi connectivity index (χ1n) is 26.4. The molecule has 76 heavy (non-hydrogen) atoms. The van der Waals surface area contributed by atoms with E-state index in [0.717, 1.165) is 11.4 Å². The first-order chi connectivity index (χ1) is 37.7. The topological polar surface area (TPSA) is 9.86 Å². The Kier molecular flexibility index (Phi) is 10.3. The van der Waals surface area contributed by atoms with Gasteiger partial charge < -0.3 is 9.13 Å². The number of aromatic nitrogens is 2. The summed E-state index contributed by atoms with van der Waals surface area (Å²) in [6.45, 7) is 0.